The summed E-state index contributed by atoms with van der Waals surface area (Å²) >= 11 is 6.79. The molecule has 2 aromatic carbocycles. The number of anilines is 2. The minimum absolute atomic E-state index is 0.0908. The number of nitrogens with zero attached hydrogens (tertiary/aromatic N) is 2. The second kappa shape index (κ2) is 9.26. The largest absolute Gasteiger partial charge is 0.494 e. The Morgan fingerprint density at radius 3 is 2.25 bits per heavy atom. The van der Waals surface area contributed by atoms with Crippen molar-refractivity contribution in [1.29, 1.82) is 0 Å². The fourth-order valence-electron chi connectivity index (χ4n) is 3.07. The molecule has 6 heteroatoms. The van der Waals surface area contributed by atoms with Crippen molar-refractivity contribution < 1.29 is 9.53 Å². The number of thiocarbonyl (C=S) groups is 1. The van der Waals surface area contributed by atoms with Gasteiger partial charge in [0.2, 0.25) is 0 Å². The van der Waals surface area contributed by atoms with E-state index in [-0.39, 0.29) is 5.91 Å². The number of benzene rings is 2. The van der Waals surface area contributed by atoms with Crippen LogP contribution >= 0.6 is 24.0 Å². The normalized spacial score (nSPS) is 15.4. The van der Waals surface area contributed by atoms with Gasteiger partial charge in [-0.15, -0.1) is 0 Å². The number of carbonyl (C=O) groups excluding carboxylic acids is 1. The number of hydrogen-bond donors (Lipinski definition) is 0. The van der Waals surface area contributed by atoms with E-state index in [2.05, 4.69) is 30.9 Å². The van der Waals surface area contributed by atoms with E-state index < -0.39 is 0 Å². The van der Waals surface area contributed by atoms with Gasteiger partial charge in [0.15, 0.2) is 4.32 Å². The van der Waals surface area contributed by atoms with Gasteiger partial charge in [0.05, 0.1) is 17.2 Å². The van der Waals surface area contributed by atoms with Crippen LogP contribution in [0.4, 0.5) is 11.4 Å². The molecular weight excluding hydrogens is 388 g/mol. The fourth-order valence-corrected chi connectivity index (χ4v) is 4.37. The lowest BCUT2D eigenvalue weighted by atomic mass is 10.1. The number of hydrogen-bond acceptors (Lipinski definition) is 5. The van der Waals surface area contributed by atoms with E-state index in [1.165, 1.54) is 17.4 Å². The second-order valence-corrected chi connectivity index (χ2v) is 7.88. The number of amides is 1. The first kappa shape index (κ1) is 20.4. The van der Waals surface area contributed by atoms with Crippen LogP contribution in [0.3, 0.4) is 0 Å². The highest BCUT2D eigenvalue weighted by molar-refractivity contribution is 8.27. The van der Waals surface area contributed by atoms with Crippen LogP contribution in [-0.2, 0) is 4.79 Å². The van der Waals surface area contributed by atoms with Crippen molar-refractivity contribution in [2.24, 2.45) is 0 Å². The van der Waals surface area contributed by atoms with Crippen molar-refractivity contribution >= 4 is 51.7 Å². The SMILES string of the molecule is CCOc1ccc(N2C(=O)C(=Cc3ccc(N(CC)CC)cc3)SC2=S)cc1. The van der Waals surface area contributed by atoms with Gasteiger partial charge in [0.1, 0.15) is 5.75 Å². The van der Waals surface area contributed by atoms with E-state index in [0.29, 0.717) is 15.8 Å². The highest BCUT2D eigenvalue weighted by Gasteiger charge is 2.33. The average molecular weight is 413 g/mol. The van der Waals surface area contributed by atoms with Crippen LogP contribution in [-0.4, -0.2) is 29.9 Å². The van der Waals surface area contributed by atoms with Gasteiger partial charge < -0.3 is 9.64 Å². The van der Waals surface area contributed by atoms with E-state index in [0.717, 1.165) is 30.1 Å². The van der Waals surface area contributed by atoms with Gasteiger partial charge in [0, 0.05) is 18.8 Å². The summed E-state index contributed by atoms with van der Waals surface area (Å²) in [6.45, 7) is 8.77. The van der Waals surface area contributed by atoms with E-state index in [9.17, 15) is 4.79 Å². The first-order valence-corrected chi connectivity index (χ1v) is 10.7. The lowest BCUT2D eigenvalue weighted by molar-refractivity contribution is -0.113. The zero-order valence-corrected chi connectivity index (χ0v) is 18.0. The van der Waals surface area contributed by atoms with Crippen molar-refractivity contribution in [3.05, 3.63) is 59.0 Å². The number of ether oxygens (including phenoxy) is 1. The summed E-state index contributed by atoms with van der Waals surface area (Å²) in [7, 11) is 0. The first-order chi connectivity index (χ1) is 13.6. The molecule has 0 bridgehead atoms. The monoisotopic (exact) mass is 412 g/mol. The number of thioether (sulfide) groups is 1. The Morgan fingerprint density at radius 1 is 1.04 bits per heavy atom. The molecule has 0 unspecified atom stereocenters. The summed E-state index contributed by atoms with van der Waals surface area (Å²) in [5, 5.41) is 0. The molecule has 2 aromatic rings. The molecule has 1 heterocycles. The lowest BCUT2D eigenvalue weighted by Gasteiger charge is -2.20. The topological polar surface area (TPSA) is 32.8 Å². The molecule has 0 aliphatic carbocycles. The smallest absolute Gasteiger partial charge is 0.270 e. The summed E-state index contributed by atoms with van der Waals surface area (Å²) in [6, 6.07) is 15.7. The highest BCUT2D eigenvalue weighted by atomic mass is 32.2. The molecule has 1 fully saturated rings. The van der Waals surface area contributed by atoms with Crippen LogP contribution < -0.4 is 14.5 Å². The van der Waals surface area contributed by atoms with E-state index in [1.807, 2.05) is 49.4 Å². The third-order valence-electron chi connectivity index (χ3n) is 4.52. The molecule has 0 aromatic heterocycles. The minimum atomic E-state index is -0.0908. The predicted octanol–water partition coefficient (Wildman–Crippen LogP) is 5.34. The maximum Gasteiger partial charge on any atom is 0.270 e. The molecule has 0 N–H and O–H groups in total. The van der Waals surface area contributed by atoms with Crippen LogP contribution in [0, 0.1) is 0 Å². The Morgan fingerprint density at radius 2 is 1.68 bits per heavy atom. The molecule has 1 aliphatic heterocycles. The first-order valence-electron chi connectivity index (χ1n) is 9.43. The molecule has 28 heavy (non-hydrogen) atoms. The summed E-state index contributed by atoms with van der Waals surface area (Å²) in [6.07, 6.45) is 1.90. The maximum absolute atomic E-state index is 12.9. The molecule has 1 aliphatic rings. The van der Waals surface area contributed by atoms with Crippen molar-refractivity contribution in [2.45, 2.75) is 20.8 Å². The molecule has 1 amide bonds. The molecule has 146 valence electrons. The summed E-state index contributed by atoms with van der Waals surface area (Å²) < 4.78 is 6.01. The number of rotatable bonds is 7. The summed E-state index contributed by atoms with van der Waals surface area (Å²) in [4.78, 5) is 17.4. The Bertz CT molecular complexity index is 872. The molecular formula is C22H24N2O2S2. The zero-order valence-electron chi connectivity index (χ0n) is 16.3. The van der Waals surface area contributed by atoms with Crippen molar-refractivity contribution in [1.82, 2.24) is 0 Å². The highest BCUT2D eigenvalue weighted by Crippen LogP contribution is 2.36. The molecule has 0 atom stereocenters. The lowest BCUT2D eigenvalue weighted by Crippen LogP contribution is -2.27. The molecule has 4 nitrogen and oxygen atoms in total. The van der Waals surface area contributed by atoms with Gasteiger partial charge in [0.25, 0.3) is 5.91 Å². The summed E-state index contributed by atoms with van der Waals surface area (Å²) in [5.41, 5.74) is 2.93. The molecule has 1 saturated heterocycles. The Kier molecular flexibility index (Phi) is 6.75. The molecule has 0 radical (unpaired) electrons. The van der Waals surface area contributed by atoms with Crippen LogP contribution in [0.25, 0.3) is 6.08 Å². The van der Waals surface area contributed by atoms with Gasteiger partial charge in [-0.3, -0.25) is 9.69 Å². The number of carbonyl (C=O) groups is 1. The minimum Gasteiger partial charge on any atom is -0.494 e. The zero-order chi connectivity index (χ0) is 20.1. The standard InChI is InChI=1S/C22H24N2O2S2/c1-4-23(5-2)17-9-7-16(8-10-17)15-20-21(25)24(22(27)28-20)18-11-13-19(14-12-18)26-6-3/h7-15H,4-6H2,1-3H3. The van der Waals surface area contributed by atoms with Crippen LogP contribution in [0.5, 0.6) is 5.75 Å². The molecule has 0 saturated carbocycles. The molecule has 0 spiro atoms. The fraction of sp³-hybridized carbons (Fsp3) is 0.273. The van der Waals surface area contributed by atoms with Crippen molar-refractivity contribution in [3.63, 3.8) is 0 Å². The van der Waals surface area contributed by atoms with Crippen molar-refractivity contribution in [2.75, 3.05) is 29.5 Å². The van der Waals surface area contributed by atoms with Gasteiger partial charge in [-0.1, -0.05) is 36.1 Å². The summed E-state index contributed by atoms with van der Waals surface area (Å²) in [5.74, 6) is 0.688. The van der Waals surface area contributed by atoms with E-state index in [4.69, 9.17) is 17.0 Å². The van der Waals surface area contributed by atoms with E-state index >= 15 is 0 Å². The van der Waals surface area contributed by atoms with Crippen LogP contribution in [0.15, 0.2) is 53.4 Å². The van der Waals surface area contributed by atoms with E-state index in [1.54, 1.807) is 4.90 Å². The third-order valence-corrected chi connectivity index (χ3v) is 5.82. The Hall–Kier alpha value is -2.31. The van der Waals surface area contributed by atoms with Crippen LogP contribution in [0.2, 0.25) is 0 Å². The predicted molar refractivity (Wildman–Crippen MR) is 123 cm³/mol. The Balaban J connectivity index is 1.79. The van der Waals surface area contributed by atoms with Crippen molar-refractivity contribution in [3.8, 4) is 5.75 Å². The maximum atomic E-state index is 12.9. The molecule has 3 rings (SSSR count). The van der Waals surface area contributed by atoms with Gasteiger partial charge in [-0.25, -0.2) is 0 Å². The van der Waals surface area contributed by atoms with Gasteiger partial charge in [-0.2, -0.15) is 0 Å². The quantitative estimate of drug-likeness (QED) is 0.453. The van der Waals surface area contributed by atoms with Gasteiger partial charge in [-0.05, 0) is 68.8 Å². The van der Waals surface area contributed by atoms with Gasteiger partial charge >= 0.3 is 0 Å². The Labute approximate surface area is 176 Å². The second-order valence-electron chi connectivity index (χ2n) is 6.21. The van der Waals surface area contributed by atoms with Crippen LogP contribution in [0.1, 0.15) is 26.3 Å². The third kappa shape index (κ3) is 4.39. The average Bonchev–Trinajstić information content (AvgIpc) is 2.98.